The van der Waals surface area contributed by atoms with Gasteiger partial charge in [0.15, 0.2) is 0 Å². The molecule has 0 bridgehead atoms. The van der Waals surface area contributed by atoms with E-state index in [9.17, 15) is 0 Å². The Balaban J connectivity index is 1.74. The molecule has 1 saturated carbocycles. The van der Waals surface area contributed by atoms with E-state index in [0.29, 0.717) is 18.0 Å². The maximum atomic E-state index is 5.92. The summed E-state index contributed by atoms with van der Waals surface area (Å²) in [5.41, 5.74) is 6.88. The van der Waals surface area contributed by atoms with Gasteiger partial charge in [0.2, 0.25) is 5.95 Å². The number of benzene rings is 1. The van der Waals surface area contributed by atoms with Gasteiger partial charge in [-0.1, -0.05) is 23.3 Å². The Morgan fingerprint density at radius 3 is 2.58 bits per heavy atom. The molecule has 1 fully saturated rings. The number of anilines is 1. The minimum Gasteiger partial charge on any atom is -0.350 e. The molecule has 0 unspecified atom stereocenters. The van der Waals surface area contributed by atoms with Crippen LogP contribution in [0.25, 0.3) is 5.69 Å². The second-order valence-electron chi connectivity index (χ2n) is 5.01. The number of nitrogens with two attached hydrogens (primary N) is 1. The molecular weight excluding hydrogens is 240 g/mol. The molecule has 100 valence electrons. The Hall–Kier alpha value is -1.95. The lowest BCUT2D eigenvalue weighted by Crippen LogP contribution is -2.33. The summed E-state index contributed by atoms with van der Waals surface area (Å²) in [6, 6.07) is 10.7. The molecular formula is C13H18N6. The zero-order chi connectivity index (χ0) is 13.1. The van der Waals surface area contributed by atoms with Gasteiger partial charge in [-0.05, 0) is 48.2 Å². The number of nitrogens with zero attached hydrogens (tertiary/aromatic N) is 4. The highest BCUT2D eigenvalue weighted by Crippen LogP contribution is 2.21. The zero-order valence-corrected chi connectivity index (χ0v) is 10.7. The van der Waals surface area contributed by atoms with Gasteiger partial charge in [0.25, 0.3) is 0 Å². The van der Waals surface area contributed by atoms with Crippen LogP contribution in [0.15, 0.2) is 30.3 Å². The Morgan fingerprint density at radius 1 is 1.11 bits per heavy atom. The minimum absolute atomic E-state index is 0.350. The van der Waals surface area contributed by atoms with Crippen molar-refractivity contribution in [2.24, 2.45) is 5.73 Å². The molecule has 0 amide bonds. The fourth-order valence-corrected chi connectivity index (χ4v) is 2.47. The summed E-state index contributed by atoms with van der Waals surface area (Å²) in [7, 11) is 0. The summed E-state index contributed by atoms with van der Waals surface area (Å²) in [6.07, 6.45) is 4.26. The summed E-state index contributed by atoms with van der Waals surface area (Å²) in [4.78, 5) is 0. The average molecular weight is 258 g/mol. The fourth-order valence-electron chi connectivity index (χ4n) is 2.47. The van der Waals surface area contributed by atoms with Crippen molar-refractivity contribution in [1.82, 2.24) is 20.2 Å². The predicted molar refractivity (Wildman–Crippen MR) is 73.0 cm³/mol. The maximum absolute atomic E-state index is 5.92. The molecule has 1 aliphatic carbocycles. The number of aromatic nitrogens is 4. The van der Waals surface area contributed by atoms with E-state index < -0.39 is 0 Å². The van der Waals surface area contributed by atoms with Crippen molar-refractivity contribution in [2.75, 3.05) is 5.32 Å². The summed E-state index contributed by atoms with van der Waals surface area (Å²) in [6.45, 7) is 0. The summed E-state index contributed by atoms with van der Waals surface area (Å²) in [5.74, 6) is 0.701. The van der Waals surface area contributed by atoms with Gasteiger partial charge in [0, 0.05) is 12.1 Å². The fraction of sp³-hybridized carbons (Fsp3) is 0.462. The molecule has 1 aliphatic rings. The second-order valence-corrected chi connectivity index (χ2v) is 5.01. The lowest BCUT2D eigenvalue weighted by atomic mass is 9.92. The first kappa shape index (κ1) is 12.1. The predicted octanol–water partition coefficient (Wildman–Crippen LogP) is 1.34. The van der Waals surface area contributed by atoms with Gasteiger partial charge < -0.3 is 11.1 Å². The molecule has 1 aromatic heterocycles. The van der Waals surface area contributed by atoms with Crippen LogP contribution in [-0.4, -0.2) is 32.3 Å². The maximum Gasteiger partial charge on any atom is 0.247 e. The van der Waals surface area contributed by atoms with Crippen molar-refractivity contribution in [3.63, 3.8) is 0 Å². The number of para-hydroxylation sites is 1. The van der Waals surface area contributed by atoms with E-state index >= 15 is 0 Å². The van der Waals surface area contributed by atoms with Gasteiger partial charge in [0.1, 0.15) is 0 Å². The van der Waals surface area contributed by atoms with Gasteiger partial charge in [0.05, 0.1) is 5.69 Å². The third-order valence-electron chi connectivity index (χ3n) is 3.58. The molecule has 19 heavy (non-hydrogen) atoms. The molecule has 0 spiro atoms. The SMILES string of the molecule is NC1CCC(Nc2nnnn2-c2ccccc2)CC1. The van der Waals surface area contributed by atoms with Crippen molar-refractivity contribution in [3.8, 4) is 5.69 Å². The van der Waals surface area contributed by atoms with Crippen molar-refractivity contribution in [3.05, 3.63) is 30.3 Å². The molecule has 2 aromatic rings. The smallest absolute Gasteiger partial charge is 0.247 e. The monoisotopic (exact) mass is 258 g/mol. The van der Waals surface area contributed by atoms with E-state index in [1.807, 2.05) is 30.3 Å². The number of rotatable bonds is 3. The normalized spacial score (nSPS) is 23.2. The number of hydrogen-bond donors (Lipinski definition) is 2. The first-order valence-corrected chi connectivity index (χ1v) is 6.69. The third-order valence-corrected chi connectivity index (χ3v) is 3.58. The standard InChI is InChI=1S/C13H18N6/c14-10-6-8-11(9-7-10)15-13-16-17-18-19(13)12-4-2-1-3-5-12/h1-5,10-11H,6-9,14H2,(H,15,16,18). The van der Waals surface area contributed by atoms with E-state index in [1.165, 1.54) is 0 Å². The molecule has 0 aliphatic heterocycles. The van der Waals surface area contributed by atoms with Gasteiger partial charge in [-0.15, -0.1) is 0 Å². The lowest BCUT2D eigenvalue weighted by Gasteiger charge is -2.26. The highest BCUT2D eigenvalue weighted by atomic mass is 15.6. The van der Waals surface area contributed by atoms with Gasteiger partial charge >= 0.3 is 0 Å². The molecule has 3 rings (SSSR count). The quantitative estimate of drug-likeness (QED) is 0.868. The highest BCUT2D eigenvalue weighted by molar-refractivity contribution is 5.38. The van der Waals surface area contributed by atoms with Crippen LogP contribution in [0, 0.1) is 0 Å². The van der Waals surface area contributed by atoms with Crippen molar-refractivity contribution in [1.29, 1.82) is 0 Å². The molecule has 1 heterocycles. The Morgan fingerprint density at radius 2 is 1.84 bits per heavy atom. The first-order chi connectivity index (χ1) is 9.33. The summed E-state index contributed by atoms with van der Waals surface area (Å²) >= 11 is 0. The van der Waals surface area contributed by atoms with Crippen LogP contribution in [0.4, 0.5) is 5.95 Å². The van der Waals surface area contributed by atoms with Gasteiger partial charge in [-0.3, -0.25) is 0 Å². The number of nitrogens with one attached hydrogen (secondary N) is 1. The van der Waals surface area contributed by atoms with Crippen molar-refractivity contribution >= 4 is 5.95 Å². The molecule has 3 N–H and O–H groups in total. The van der Waals surface area contributed by atoms with Crippen LogP contribution in [0.1, 0.15) is 25.7 Å². The van der Waals surface area contributed by atoms with Crippen LogP contribution in [-0.2, 0) is 0 Å². The van der Waals surface area contributed by atoms with Crippen molar-refractivity contribution in [2.45, 2.75) is 37.8 Å². The van der Waals surface area contributed by atoms with E-state index in [1.54, 1.807) is 4.68 Å². The topological polar surface area (TPSA) is 81.7 Å². The molecule has 0 atom stereocenters. The average Bonchev–Trinajstić information content (AvgIpc) is 2.90. The van der Waals surface area contributed by atoms with E-state index in [2.05, 4.69) is 20.8 Å². The summed E-state index contributed by atoms with van der Waals surface area (Å²) in [5, 5.41) is 15.3. The first-order valence-electron chi connectivity index (χ1n) is 6.69. The van der Waals surface area contributed by atoms with Crippen LogP contribution in [0.3, 0.4) is 0 Å². The lowest BCUT2D eigenvalue weighted by molar-refractivity contribution is 0.409. The number of tetrazole rings is 1. The van der Waals surface area contributed by atoms with E-state index in [-0.39, 0.29) is 0 Å². The van der Waals surface area contributed by atoms with Gasteiger partial charge in [-0.25, -0.2) is 0 Å². The van der Waals surface area contributed by atoms with E-state index in [4.69, 9.17) is 5.73 Å². The molecule has 1 aromatic carbocycles. The zero-order valence-electron chi connectivity index (χ0n) is 10.7. The number of hydrogen-bond acceptors (Lipinski definition) is 5. The van der Waals surface area contributed by atoms with Crippen LogP contribution >= 0.6 is 0 Å². The third kappa shape index (κ3) is 2.73. The Bertz CT molecular complexity index is 515. The molecule has 0 radical (unpaired) electrons. The van der Waals surface area contributed by atoms with Crippen LogP contribution in [0.5, 0.6) is 0 Å². The van der Waals surface area contributed by atoms with E-state index in [0.717, 1.165) is 31.4 Å². The molecule has 0 saturated heterocycles. The molecule has 6 heteroatoms. The van der Waals surface area contributed by atoms with Gasteiger partial charge in [-0.2, -0.15) is 4.68 Å². The van der Waals surface area contributed by atoms with Crippen LogP contribution in [0.2, 0.25) is 0 Å². The Labute approximate surface area is 112 Å². The second kappa shape index (κ2) is 5.36. The summed E-state index contributed by atoms with van der Waals surface area (Å²) < 4.78 is 1.73. The highest BCUT2D eigenvalue weighted by Gasteiger charge is 2.20. The molecule has 6 nitrogen and oxygen atoms in total. The largest absolute Gasteiger partial charge is 0.350 e. The van der Waals surface area contributed by atoms with Crippen LogP contribution < -0.4 is 11.1 Å². The minimum atomic E-state index is 0.350. The van der Waals surface area contributed by atoms with Crippen molar-refractivity contribution < 1.29 is 0 Å². The Kier molecular flexibility index (Phi) is 3.41.